The number of piperidine rings is 2. The van der Waals surface area contributed by atoms with Crippen LogP contribution >= 0.6 is 11.6 Å². The van der Waals surface area contributed by atoms with Gasteiger partial charge in [0.05, 0.1) is 16.9 Å². The average Bonchev–Trinajstić information content (AvgIpc) is 3.04. The maximum absolute atomic E-state index is 13.2. The smallest absolute Gasteiger partial charge is 0.256 e. The minimum absolute atomic E-state index is 0.143. The highest BCUT2D eigenvalue weighted by Gasteiger charge is 2.29. The lowest BCUT2D eigenvalue weighted by Crippen LogP contribution is -2.50. The summed E-state index contributed by atoms with van der Waals surface area (Å²) in [5, 5.41) is 7.79. The van der Waals surface area contributed by atoms with E-state index < -0.39 is 0 Å². The first-order valence-corrected chi connectivity index (χ1v) is 11.0. The highest BCUT2D eigenvalue weighted by atomic mass is 35.5. The van der Waals surface area contributed by atoms with E-state index in [-0.39, 0.29) is 22.9 Å². The molecule has 0 saturated carbocycles. The van der Waals surface area contributed by atoms with Crippen LogP contribution in [0.15, 0.2) is 24.3 Å². The zero-order valence-electron chi connectivity index (χ0n) is 17.6. The lowest BCUT2D eigenvalue weighted by molar-refractivity contribution is 0.0807. The molecule has 2 saturated heterocycles. The van der Waals surface area contributed by atoms with E-state index in [1.807, 2.05) is 0 Å². The topological polar surface area (TPSA) is 53.4 Å². The van der Waals surface area contributed by atoms with Gasteiger partial charge in [-0.2, -0.15) is 5.10 Å². The largest absolute Gasteiger partial charge is 0.349 e. The van der Waals surface area contributed by atoms with E-state index in [0.717, 1.165) is 39.0 Å². The second-order valence-corrected chi connectivity index (χ2v) is 8.82. The van der Waals surface area contributed by atoms with Crippen LogP contribution in [-0.2, 0) is 0 Å². The number of hydrogen-bond donors (Lipinski definition) is 1. The van der Waals surface area contributed by atoms with Crippen molar-refractivity contribution < 1.29 is 9.18 Å². The molecule has 0 radical (unpaired) electrons. The van der Waals surface area contributed by atoms with Gasteiger partial charge in [-0.25, -0.2) is 9.07 Å². The van der Waals surface area contributed by atoms with Crippen LogP contribution in [0.5, 0.6) is 0 Å². The number of carbonyl (C=O) groups excluding carboxylic acids is 1. The number of nitrogens with zero attached hydrogens (tertiary/aromatic N) is 4. The number of benzene rings is 1. The molecule has 4 rings (SSSR count). The first-order valence-electron chi connectivity index (χ1n) is 10.7. The normalized spacial score (nSPS) is 19.9. The van der Waals surface area contributed by atoms with E-state index >= 15 is 0 Å². The molecule has 8 heteroatoms. The van der Waals surface area contributed by atoms with Crippen LogP contribution in [0, 0.1) is 12.7 Å². The van der Waals surface area contributed by atoms with Gasteiger partial charge in [-0.05, 0) is 77.0 Å². The van der Waals surface area contributed by atoms with Crippen LogP contribution in [0.4, 0.5) is 4.39 Å². The van der Waals surface area contributed by atoms with Crippen LogP contribution in [0.1, 0.15) is 41.7 Å². The third-order valence-electron chi connectivity index (χ3n) is 6.37. The van der Waals surface area contributed by atoms with Gasteiger partial charge in [0.15, 0.2) is 0 Å². The van der Waals surface area contributed by atoms with Crippen molar-refractivity contribution >= 4 is 17.5 Å². The van der Waals surface area contributed by atoms with Crippen molar-refractivity contribution in [1.82, 2.24) is 24.9 Å². The van der Waals surface area contributed by atoms with Crippen molar-refractivity contribution in [2.45, 2.75) is 44.7 Å². The van der Waals surface area contributed by atoms with Crippen LogP contribution in [-0.4, -0.2) is 70.8 Å². The molecular weight excluding hydrogens is 405 g/mol. The number of aryl methyl sites for hydroxylation is 1. The molecular formula is C22H29ClFN5O. The van der Waals surface area contributed by atoms with Crippen molar-refractivity contribution in [3.63, 3.8) is 0 Å². The fourth-order valence-corrected chi connectivity index (χ4v) is 4.90. The number of rotatable bonds is 4. The summed E-state index contributed by atoms with van der Waals surface area (Å²) in [6.07, 6.45) is 4.34. The average molecular weight is 434 g/mol. The summed E-state index contributed by atoms with van der Waals surface area (Å²) in [6, 6.07) is 6.69. The Kier molecular flexibility index (Phi) is 6.41. The Hall–Kier alpha value is -1.96. The van der Waals surface area contributed by atoms with Crippen LogP contribution in [0.3, 0.4) is 0 Å². The second kappa shape index (κ2) is 9.04. The summed E-state index contributed by atoms with van der Waals surface area (Å²) in [5.41, 5.74) is 1.57. The Morgan fingerprint density at radius 2 is 1.73 bits per heavy atom. The fraction of sp³-hybridized carbons (Fsp3) is 0.545. The van der Waals surface area contributed by atoms with Crippen LogP contribution < -0.4 is 5.32 Å². The zero-order chi connectivity index (χ0) is 21.3. The van der Waals surface area contributed by atoms with Gasteiger partial charge in [0.1, 0.15) is 11.0 Å². The molecule has 2 aliphatic heterocycles. The molecule has 0 bridgehead atoms. The van der Waals surface area contributed by atoms with Gasteiger partial charge in [-0.1, -0.05) is 11.6 Å². The molecule has 1 aromatic carbocycles. The van der Waals surface area contributed by atoms with Gasteiger partial charge in [0.2, 0.25) is 0 Å². The predicted octanol–water partition coefficient (Wildman–Crippen LogP) is 3.26. The summed E-state index contributed by atoms with van der Waals surface area (Å²) in [7, 11) is 2.18. The summed E-state index contributed by atoms with van der Waals surface area (Å²) in [6.45, 7) is 6.12. The highest BCUT2D eigenvalue weighted by Crippen LogP contribution is 2.25. The van der Waals surface area contributed by atoms with Gasteiger partial charge in [-0.3, -0.25) is 4.79 Å². The summed E-state index contributed by atoms with van der Waals surface area (Å²) < 4.78 is 14.7. The Morgan fingerprint density at radius 1 is 1.10 bits per heavy atom. The minimum atomic E-state index is -0.330. The van der Waals surface area contributed by atoms with Crippen molar-refractivity contribution in [1.29, 1.82) is 0 Å². The third kappa shape index (κ3) is 4.53. The number of halogens is 2. The van der Waals surface area contributed by atoms with E-state index in [2.05, 4.69) is 27.3 Å². The maximum atomic E-state index is 13.2. The Labute approximate surface area is 182 Å². The number of carbonyl (C=O) groups is 1. The Bertz CT molecular complexity index is 884. The summed E-state index contributed by atoms with van der Waals surface area (Å²) in [4.78, 5) is 17.9. The molecule has 162 valence electrons. The monoisotopic (exact) mass is 433 g/mol. The molecule has 1 amide bonds. The third-order valence-corrected chi connectivity index (χ3v) is 6.72. The second-order valence-electron chi connectivity index (χ2n) is 8.46. The van der Waals surface area contributed by atoms with E-state index in [4.69, 9.17) is 11.6 Å². The number of aromatic nitrogens is 2. The van der Waals surface area contributed by atoms with E-state index in [1.54, 1.807) is 19.1 Å². The maximum Gasteiger partial charge on any atom is 0.256 e. The molecule has 2 aliphatic rings. The van der Waals surface area contributed by atoms with Gasteiger partial charge in [-0.15, -0.1) is 0 Å². The van der Waals surface area contributed by atoms with Crippen molar-refractivity contribution in [3.8, 4) is 5.69 Å². The molecule has 0 aliphatic carbocycles. The van der Waals surface area contributed by atoms with Crippen LogP contribution in [0.25, 0.3) is 5.69 Å². The van der Waals surface area contributed by atoms with E-state index in [0.29, 0.717) is 23.0 Å². The quantitative estimate of drug-likeness (QED) is 0.804. The SMILES string of the molecule is Cc1nn(-c2ccc(F)cc2)c(Cl)c1C(=O)NC1CCN(C2CCN(C)CC2)CC1. The van der Waals surface area contributed by atoms with Crippen molar-refractivity contribution in [3.05, 3.63) is 46.5 Å². The standard InChI is InChI=1S/C22H29ClFN5O/c1-15-20(21(23)29(26-15)19-5-3-16(24)4-6-19)22(30)25-17-7-13-28(14-8-17)18-9-11-27(2)12-10-18/h3-6,17-18H,7-14H2,1-2H3,(H,25,30). The fourth-order valence-electron chi connectivity index (χ4n) is 4.54. The van der Waals surface area contributed by atoms with E-state index in [9.17, 15) is 9.18 Å². The molecule has 2 fully saturated rings. The minimum Gasteiger partial charge on any atom is -0.349 e. The number of nitrogens with one attached hydrogen (secondary N) is 1. The molecule has 0 unspecified atom stereocenters. The Morgan fingerprint density at radius 3 is 2.37 bits per heavy atom. The molecule has 1 N–H and O–H groups in total. The van der Waals surface area contributed by atoms with Crippen molar-refractivity contribution in [2.75, 3.05) is 33.2 Å². The molecule has 0 spiro atoms. The highest BCUT2D eigenvalue weighted by molar-refractivity contribution is 6.33. The van der Waals surface area contributed by atoms with E-state index in [1.165, 1.54) is 29.7 Å². The van der Waals surface area contributed by atoms with Gasteiger partial charge in [0.25, 0.3) is 5.91 Å². The van der Waals surface area contributed by atoms with Crippen molar-refractivity contribution in [2.24, 2.45) is 0 Å². The molecule has 2 aromatic rings. The molecule has 0 atom stereocenters. The van der Waals surface area contributed by atoms with Gasteiger partial charge in [0, 0.05) is 25.2 Å². The predicted molar refractivity (Wildman–Crippen MR) is 116 cm³/mol. The molecule has 6 nitrogen and oxygen atoms in total. The lowest BCUT2D eigenvalue weighted by atomic mass is 9.98. The number of hydrogen-bond acceptors (Lipinski definition) is 4. The first-order chi connectivity index (χ1) is 14.4. The van der Waals surface area contributed by atoms with Gasteiger partial charge >= 0.3 is 0 Å². The first kappa shape index (κ1) is 21.3. The summed E-state index contributed by atoms with van der Waals surface area (Å²) >= 11 is 6.49. The number of likely N-dealkylation sites (tertiary alicyclic amines) is 2. The Balaban J connectivity index is 1.37. The zero-order valence-corrected chi connectivity index (χ0v) is 18.3. The van der Waals surface area contributed by atoms with Crippen LogP contribution in [0.2, 0.25) is 5.15 Å². The summed E-state index contributed by atoms with van der Waals surface area (Å²) in [5.74, 6) is -0.521. The molecule has 30 heavy (non-hydrogen) atoms. The molecule has 3 heterocycles. The van der Waals surface area contributed by atoms with Gasteiger partial charge < -0.3 is 15.1 Å². The number of amides is 1. The molecule has 1 aromatic heterocycles. The lowest BCUT2D eigenvalue weighted by Gasteiger charge is -2.41.